The highest BCUT2D eigenvalue weighted by Gasteiger charge is 2.36. The number of halogens is 3. The Morgan fingerprint density at radius 1 is 1.21 bits per heavy atom. The summed E-state index contributed by atoms with van der Waals surface area (Å²) in [4.78, 5) is 23.9. The first-order valence-corrected chi connectivity index (χ1v) is 8.93. The zero-order chi connectivity index (χ0) is 21.2. The Hall–Kier alpha value is -3.35. The van der Waals surface area contributed by atoms with Gasteiger partial charge in [0.05, 0.1) is 17.2 Å². The fraction of sp³-hybridized carbons (Fsp3) is 0.368. The highest BCUT2D eigenvalue weighted by atomic mass is 19.4. The van der Waals surface area contributed by atoms with Crippen molar-refractivity contribution in [1.29, 1.82) is 5.26 Å². The Balaban J connectivity index is 1.78. The molecular weight excluding hydrogens is 385 g/mol. The quantitative estimate of drug-likeness (QED) is 0.828. The van der Waals surface area contributed by atoms with E-state index in [9.17, 15) is 18.0 Å². The van der Waals surface area contributed by atoms with E-state index in [1.165, 1.54) is 24.5 Å². The number of aromatic nitrogens is 2. The fourth-order valence-corrected chi connectivity index (χ4v) is 3.34. The van der Waals surface area contributed by atoms with E-state index in [4.69, 9.17) is 5.26 Å². The molecule has 2 amide bonds. The topological polar surface area (TPSA) is 85.2 Å². The van der Waals surface area contributed by atoms with E-state index in [2.05, 4.69) is 15.3 Å². The van der Waals surface area contributed by atoms with E-state index in [-0.39, 0.29) is 24.1 Å². The van der Waals surface area contributed by atoms with Crippen molar-refractivity contribution in [3.05, 3.63) is 47.8 Å². The van der Waals surface area contributed by atoms with Gasteiger partial charge in [0.1, 0.15) is 0 Å². The molecule has 2 heterocycles. The highest BCUT2D eigenvalue weighted by Crippen LogP contribution is 2.35. The number of urea groups is 1. The predicted molar refractivity (Wildman–Crippen MR) is 100 cm³/mol. The van der Waals surface area contributed by atoms with Gasteiger partial charge in [-0.1, -0.05) is 0 Å². The molecule has 0 unspecified atom stereocenters. The molecule has 3 rings (SSSR count). The molecule has 0 saturated carbocycles. The Kier molecular flexibility index (Phi) is 5.59. The number of nitriles is 1. The number of benzene rings is 1. The molecule has 7 nitrogen and oxygen atoms in total. The molecule has 1 fully saturated rings. The Labute approximate surface area is 165 Å². The van der Waals surface area contributed by atoms with Crippen molar-refractivity contribution in [3.8, 4) is 6.07 Å². The van der Waals surface area contributed by atoms with Crippen LogP contribution in [0.2, 0.25) is 0 Å². The minimum Gasteiger partial charge on any atom is -0.365 e. The Bertz CT molecular complexity index is 928. The van der Waals surface area contributed by atoms with Gasteiger partial charge < -0.3 is 9.80 Å². The summed E-state index contributed by atoms with van der Waals surface area (Å²) >= 11 is 0. The molecule has 2 atom stereocenters. The summed E-state index contributed by atoms with van der Waals surface area (Å²) in [7, 11) is 0. The molecule has 152 valence electrons. The summed E-state index contributed by atoms with van der Waals surface area (Å²) in [5, 5.41) is 11.6. The Morgan fingerprint density at radius 3 is 2.52 bits per heavy atom. The molecule has 10 heteroatoms. The highest BCUT2D eigenvalue weighted by molar-refractivity contribution is 5.88. The number of amides is 2. The van der Waals surface area contributed by atoms with Crippen molar-refractivity contribution >= 4 is 17.7 Å². The van der Waals surface area contributed by atoms with Crippen LogP contribution in [0.3, 0.4) is 0 Å². The number of hydrogen-bond acceptors (Lipinski definition) is 5. The van der Waals surface area contributed by atoms with E-state index in [1.54, 1.807) is 17.0 Å². The van der Waals surface area contributed by atoms with Crippen LogP contribution in [0.15, 0.2) is 36.7 Å². The van der Waals surface area contributed by atoms with E-state index in [1.807, 2.05) is 18.7 Å². The fourth-order valence-electron chi connectivity index (χ4n) is 3.34. The molecular formula is C19H19F3N6O. The van der Waals surface area contributed by atoms with Crippen molar-refractivity contribution in [3.63, 3.8) is 0 Å². The largest absolute Gasteiger partial charge is 0.417 e. The second-order valence-corrected chi connectivity index (χ2v) is 6.84. The number of alkyl halides is 3. The molecule has 1 saturated heterocycles. The monoisotopic (exact) mass is 404 g/mol. The third kappa shape index (κ3) is 4.39. The molecule has 1 N–H and O–H groups in total. The number of nitrogens with one attached hydrogen (secondary N) is 1. The molecule has 0 radical (unpaired) electrons. The van der Waals surface area contributed by atoms with Crippen LogP contribution in [0.25, 0.3) is 0 Å². The zero-order valence-electron chi connectivity index (χ0n) is 15.8. The lowest BCUT2D eigenvalue weighted by Crippen LogP contribution is -2.59. The predicted octanol–water partition coefficient (Wildman–Crippen LogP) is 3.50. The van der Waals surface area contributed by atoms with Crippen LogP contribution < -0.4 is 10.2 Å². The van der Waals surface area contributed by atoms with E-state index in [0.29, 0.717) is 18.8 Å². The summed E-state index contributed by atoms with van der Waals surface area (Å²) in [5.74, 6) is 0.182. The first-order valence-electron chi connectivity index (χ1n) is 8.93. The summed E-state index contributed by atoms with van der Waals surface area (Å²) < 4.78 is 39.9. The van der Waals surface area contributed by atoms with Crippen LogP contribution in [0, 0.1) is 11.3 Å². The van der Waals surface area contributed by atoms with Crippen molar-refractivity contribution in [2.75, 3.05) is 23.3 Å². The minimum atomic E-state index is -4.62. The number of carbonyl (C=O) groups is 1. The third-order valence-electron chi connectivity index (χ3n) is 4.79. The van der Waals surface area contributed by atoms with E-state index < -0.39 is 17.3 Å². The number of hydrogen-bond donors (Lipinski definition) is 1. The van der Waals surface area contributed by atoms with Crippen LogP contribution in [0.4, 0.5) is 29.6 Å². The summed E-state index contributed by atoms with van der Waals surface area (Å²) in [6, 6.07) is 6.03. The lowest BCUT2D eigenvalue weighted by Gasteiger charge is -2.45. The first-order chi connectivity index (χ1) is 13.7. The van der Waals surface area contributed by atoms with Crippen molar-refractivity contribution in [2.45, 2.75) is 32.1 Å². The van der Waals surface area contributed by atoms with Gasteiger partial charge in [0.2, 0.25) is 5.95 Å². The normalized spacial score (nSPS) is 19.6. The zero-order valence-corrected chi connectivity index (χ0v) is 15.8. The van der Waals surface area contributed by atoms with Gasteiger partial charge in [0.25, 0.3) is 0 Å². The van der Waals surface area contributed by atoms with Crippen LogP contribution >= 0.6 is 0 Å². The van der Waals surface area contributed by atoms with Crippen LogP contribution in [-0.2, 0) is 6.18 Å². The number of anilines is 2. The van der Waals surface area contributed by atoms with Crippen molar-refractivity contribution in [1.82, 2.24) is 14.9 Å². The lowest BCUT2D eigenvalue weighted by molar-refractivity contribution is -0.137. The molecule has 1 aromatic heterocycles. The maximum atomic E-state index is 13.3. The standard InChI is InChI=1S/C19H19F3N6O/c1-12-11-28(18(29)26-17-24-6-3-7-25-17)13(2)10-27(12)15-5-4-14(9-23)16(8-15)19(20,21)22/h3-8,12-13H,10-11H2,1-2H3,(H,24,25,26,29)/t12-,13+/m0/s1. The van der Waals surface area contributed by atoms with Gasteiger partial charge in [-0.25, -0.2) is 14.8 Å². The molecule has 1 aromatic carbocycles. The maximum Gasteiger partial charge on any atom is 0.417 e. The van der Waals surface area contributed by atoms with Gasteiger partial charge >= 0.3 is 12.2 Å². The van der Waals surface area contributed by atoms with Crippen molar-refractivity contribution < 1.29 is 18.0 Å². The maximum absolute atomic E-state index is 13.3. The van der Waals surface area contributed by atoms with Gasteiger partial charge in [-0.15, -0.1) is 0 Å². The van der Waals surface area contributed by atoms with Gasteiger partial charge in [-0.05, 0) is 38.1 Å². The second kappa shape index (κ2) is 7.95. The van der Waals surface area contributed by atoms with Gasteiger partial charge in [0, 0.05) is 43.3 Å². The average Bonchev–Trinajstić information content (AvgIpc) is 2.69. The summed E-state index contributed by atoms with van der Waals surface area (Å²) in [6.07, 6.45) is -1.60. The van der Waals surface area contributed by atoms with E-state index in [0.717, 1.165) is 6.07 Å². The van der Waals surface area contributed by atoms with Gasteiger partial charge in [-0.2, -0.15) is 18.4 Å². The molecule has 1 aliphatic rings. The van der Waals surface area contributed by atoms with Gasteiger partial charge in [-0.3, -0.25) is 5.32 Å². The molecule has 0 bridgehead atoms. The minimum absolute atomic E-state index is 0.182. The lowest BCUT2D eigenvalue weighted by atomic mass is 10.0. The SMILES string of the molecule is C[C@@H]1CN(c2ccc(C#N)c(C(F)(F)F)c2)[C@@H](C)CN1C(=O)Nc1ncccn1. The molecule has 29 heavy (non-hydrogen) atoms. The van der Waals surface area contributed by atoms with Crippen LogP contribution in [0.5, 0.6) is 0 Å². The van der Waals surface area contributed by atoms with Crippen molar-refractivity contribution in [2.24, 2.45) is 0 Å². The molecule has 0 spiro atoms. The number of carbonyl (C=O) groups excluding carboxylic acids is 1. The van der Waals surface area contributed by atoms with Gasteiger partial charge in [0.15, 0.2) is 0 Å². The van der Waals surface area contributed by atoms with E-state index >= 15 is 0 Å². The smallest absolute Gasteiger partial charge is 0.365 e. The average molecular weight is 404 g/mol. The summed E-state index contributed by atoms with van der Waals surface area (Å²) in [6.45, 7) is 4.30. The molecule has 2 aromatic rings. The first kappa shape index (κ1) is 20.4. The number of rotatable bonds is 2. The number of nitrogens with zero attached hydrogens (tertiary/aromatic N) is 5. The molecule has 0 aliphatic carbocycles. The van der Waals surface area contributed by atoms with Crippen LogP contribution in [0.1, 0.15) is 25.0 Å². The molecule has 1 aliphatic heterocycles. The summed E-state index contributed by atoms with van der Waals surface area (Å²) in [5.41, 5.74) is -1.01. The third-order valence-corrected chi connectivity index (χ3v) is 4.79. The Morgan fingerprint density at radius 2 is 1.90 bits per heavy atom. The second-order valence-electron chi connectivity index (χ2n) is 6.84. The number of piperazine rings is 1. The van der Waals surface area contributed by atoms with Crippen LogP contribution in [-0.4, -0.2) is 46.1 Å².